The van der Waals surface area contributed by atoms with E-state index < -0.39 is 8.32 Å². The highest BCUT2D eigenvalue weighted by Gasteiger charge is 2.39. The molecule has 21 heavy (non-hydrogen) atoms. The molecule has 0 saturated heterocycles. The van der Waals surface area contributed by atoms with Crippen LogP contribution in [0.2, 0.25) is 18.1 Å². The summed E-state index contributed by atoms with van der Waals surface area (Å²) in [6, 6.07) is 0.359. The molecule has 1 aliphatic rings. The quantitative estimate of drug-likeness (QED) is 0.843. The standard InChI is InChI=1S/C15H29N3O2Si/c1-10(20-21(5,6)15(2,3)4)14-18-17-13(19-14)9-11-7-12(16)8-11/h10-12H,7-9,16H2,1-6H3/t10-,11?,12?/m1/s1. The first-order valence-electron chi connectivity index (χ1n) is 7.84. The van der Waals surface area contributed by atoms with E-state index in [9.17, 15) is 0 Å². The minimum absolute atomic E-state index is 0.143. The van der Waals surface area contributed by atoms with Gasteiger partial charge in [-0.25, -0.2) is 0 Å². The van der Waals surface area contributed by atoms with Crippen LogP contribution < -0.4 is 5.73 Å². The molecule has 1 aromatic heterocycles. The molecule has 0 radical (unpaired) electrons. The SMILES string of the molecule is C[C@@H](O[Si](C)(C)C(C)(C)C)c1nnc(CC2CC(N)C2)o1. The minimum Gasteiger partial charge on any atom is -0.422 e. The maximum Gasteiger partial charge on any atom is 0.243 e. The van der Waals surface area contributed by atoms with Crippen LogP contribution in [0.3, 0.4) is 0 Å². The molecule has 0 aliphatic heterocycles. The van der Waals surface area contributed by atoms with Gasteiger partial charge in [-0.05, 0) is 43.8 Å². The van der Waals surface area contributed by atoms with Crippen LogP contribution >= 0.6 is 0 Å². The molecule has 5 nitrogen and oxygen atoms in total. The largest absolute Gasteiger partial charge is 0.422 e. The van der Waals surface area contributed by atoms with Gasteiger partial charge in [0.15, 0.2) is 8.32 Å². The zero-order chi connectivity index (χ0) is 15.8. The average molecular weight is 312 g/mol. The van der Waals surface area contributed by atoms with Gasteiger partial charge in [-0.1, -0.05) is 20.8 Å². The van der Waals surface area contributed by atoms with Gasteiger partial charge in [0, 0.05) is 12.5 Å². The molecule has 6 heteroatoms. The molecule has 0 bridgehead atoms. The lowest BCUT2D eigenvalue weighted by Gasteiger charge is -2.37. The van der Waals surface area contributed by atoms with Crippen LogP contribution in [-0.2, 0) is 10.8 Å². The second kappa shape index (κ2) is 5.82. The van der Waals surface area contributed by atoms with E-state index >= 15 is 0 Å². The second-order valence-corrected chi connectivity index (χ2v) is 12.6. The summed E-state index contributed by atoms with van der Waals surface area (Å²) < 4.78 is 12.1. The Morgan fingerprint density at radius 2 is 1.95 bits per heavy atom. The second-order valence-electron chi connectivity index (χ2n) is 7.86. The third-order valence-electron chi connectivity index (χ3n) is 4.84. The molecule has 1 fully saturated rings. The van der Waals surface area contributed by atoms with Crippen LogP contribution in [0.4, 0.5) is 0 Å². The summed E-state index contributed by atoms with van der Waals surface area (Å²) >= 11 is 0. The van der Waals surface area contributed by atoms with E-state index in [1.165, 1.54) is 0 Å². The first-order chi connectivity index (χ1) is 9.58. The predicted octanol–water partition coefficient (Wildman–Crippen LogP) is 3.43. The molecule has 0 amide bonds. The van der Waals surface area contributed by atoms with Crippen molar-refractivity contribution in [2.45, 2.75) is 77.2 Å². The Labute approximate surface area is 128 Å². The van der Waals surface area contributed by atoms with Gasteiger partial charge >= 0.3 is 0 Å². The van der Waals surface area contributed by atoms with Crippen LogP contribution in [0, 0.1) is 5.92 Å². The molecule has 0 aromatic carbocycles. The summed E-state index contributed by atoms with van der Waals surface area (Å²) in [7, 11) is -1.82. The van der Waals surface area contributed by atoms with Crippen LogP contribution in [0.15, 0.2) is 4.42 Å². The van der Waals surface area contributed by atoms with Crippen molar-refractivity contribution >= 4 is 8.32 Å². The molecule has 1 aromatic rings. The van der Waals surface area contributed by atoms with Crippen LogP contribution in [0.25, 0.3) is 0 Å². The van der Waals surface area contributed by atoms with Gasteiger partial charge in [0.1, 0.15) is 6.10 Å². The Morgan fingerprint density at radius 3 is 2.48 bits per heavy atom. The summed E-state index contributed by atoms with van der Waals surface area (Å²) in [5.41, 5.74) is 5.80. The Hall–Kier alpha value is -0.723. The van der Waals surface area contributed by atoms with Crippen molar-refractivity contribution in [3.05, 3.63) is 11.8 Å². The van der Waals surface area contributed by atoms with Crippen molar-refractivity contribution in [1.29, 1.82) is 0 Å². The van der Waals surface area contributed by atoms with Crippen molar-refractivity contribution in [2.75, 3.05) is 0 Å². The van der Waals surface area contributed by atoms with Crippen LogP contribution in [0.1, 0.15) is 58.4 Å². The number of nitrogens with zero attached hydrogens (tertiary/aromatic N) is 2. The highest BCUT2D eigenvalue weighted by molar-refractivity contribution is 6.74. The first-order valence-corrected chi connectivity index (χ1v) is 10.7. The van der Waals surface area contributed by atoms with Gasteiger partial charge in [0.2, 0.25) is 11.8 Å². The number of aromatic nitrogens is 2. The minimum atomic E-state index is -1.82. The number of nitrogens with two attached hydrogens (primary N) is 1. The first kappa shape index (κ1) is 16.6. The fraction of sp³-hybridized carbons (Fsp3) is 0.867. The lowest BCUT2D eigenvalue weighted by atomic mass is 9.79. The van der Waals surface area contributed by atoms with Crippen molar-refractivity contribution in [2.24, 2.45) is 11.7 Å². The molecule has 1 atom stereocenters. The van der Waals surface area contributed by atoms with Crippen molar-refractivity contribution in [3.8, 4) is 0 Å². The van der Waals surface area contributed by atoms with E-state index in [2.05, 4.69) is 44.1 Å². The highest BCUT2D eigenvalue weighted by Crippen LogP contribution is 2.39. The fourth-order valence-corrected chi connectivity index (χ4v) is 3.72. The number of rotatable bonds is 5. The van der Waals surface area contributed by atoms with Gasteiger partial charge in [-0.3, -0.25) is 0 Å². The molecule has 120 valence electrons. The molecular formula is C15H29N3O2Si. The van der Waals surface area contributed by atoms with E-state index in [1.807, 2.05) is 6.92 Å². The zero-order valence-electron chi connectivity index (χ0n) is 14.1. The van der Waals surface area contributed by atoms with E-state index in [4.69, 9.17) is 14.6 Å². The third-order valence-corrected chi connectivity index (χ3v) is 9.40. The summed E-state index contributed by atoms with van der Waals surface area (Å²) in [6.07, 6.45) is 2.82. The summed E-state index contributed by atoms with van der Waals surface area (Å²) in [5, 5.41) is 8.49. The zero-order valence-corrected chi connectivity index (χ0v) is 15.1. The van der Waals surface area contributed by atoms with Crippen molar-refractivity contribution in [3.63, 3.8) is 0 Å². The van der Waals surface area contributed by atoms with Gasteiger partial charge in [0.25, 0.3) is 0 Å². The van der Waals surface area contributed by atoms with Crippen LogP contribution in [-0.4, -0.2) is 24.6 Å². The normalized spacial score (nSPS) is 24.7. The van der Waals surface area contributed by atoms with Gasteiger partial charge in [0.05, 0.1) is 0 Å². The van der Waals surface area contributed by atoms with E-state index in [1.54, 1.807) is 0 Å². The average Bonchev–Trinajstić information content (AvgIpc) is 2.73. The van der Waals surface area contributed by atoms with Gasteiger partial charge < -0.3 is 14.6 Å². The molecule has 1 aliphatic carbocycles. The smallest absolute Gasteiger partial charge is 0.243 e. The van der Waals surface area contributed by atoms with Gasteiger partial charge in [-0.15, -0.1) is 10.2 Å². The molecule has 0 unspecified atom stereocenters. The monoisotopic (exact) mass is 311 g/mol. The molecule has 1 heterocycles. The third kappa shape index (κ3) is 3.93. The van der Waals surface area contributed by atoms with E-state index in [0.717, 1.165) is 19.3 Å². The molecule has 0 spiro atoms. The molecule has 2 N–H and O–H groups in total. The number of hydrogen-bond donors (Lipinski definition) is 1. The fourth-order valence-electron chi connectivity index (χ4n) is 2.38. The maximum absolute atomic E-state index is 6.29. The molecule has 2 rings (SSSR count). The maximum atomic E-state index is 6.29. The predicted molar refractivity (Wildman–Crippen MR) is 85.4 cm³/mol. The van der Waals surface area contributed by atoms with Crippen molar-refractivity contribution in [1.82, 2.24) is 10.2 Å². The van der Waals surface area contributed by atoms with Gasteiger partial charge in [-0.2, -0.15) is 0 Å². The Kier molecular flexibility index (Phi) is 4.61. The summed E-state index contributed by atoms with van der Waals surface area (Å²) in [5.74, 6) is 1.91. The summed E-state index contributed by atoms with van der Waals surface area (Å²) in [6.45, 7) is 13.1. The van der Waals surface area contributed by atoms with E-state index in [0.29, 0.717) is 23.7 Å². The topological polar surface area (TPSA) is 74.2 Å². The Bertz CT molecular complexity index is 476. The highest BCUT2D eigenvalue weighted by atomic mass is 28.4. The summed E-state index contributed by atoms with van der Waals surface area (Å²) in [4.78, 5) is 0. The molecule has 1 saturated carbocycles. The Morgan fingerprint density at radius 1 is 1.33 bits per heavy atom. The molecular weight excluding hydrogens is 282 g/mol. The Balaban J connectivity index is 1.94. The van der Waals surface area contributed by atoms with E-state index in [-0.39, 0.29) is 11.1 Å². The van der Waals surface area contributed by atoms with Crippen molar-refractivity contribution < 1.29 is 8.84 Å². The lowest BCUT2D eigenvalue weighted by molar-refractivity contribution is 0.164. The number of hydrogen-bond acceptors (Lipinski definition) is 5. The lowest BCUT2D eigenvalue weighted by Crippen LogP contribution is -2.41. The van der Waals surface area contributed by atoms with Crippen LogP contribution in [0.5, 0.6) is 0 Å².